The number of carbonyl (C=O) groups is 7. The zero-order valence-corrected chi connectivity index (χ0v) is 53.2. The molecule has 8 bridgehead atoms. The molecular formula is C60H92N13O15P. The number of benzene rings is 1. The highest BCUT2D eigenvalue weighted by Crippen LogP contribution is 2.62. The second-order valence-corrected chi connectivity index (χ2v) is 28.2. The molecule has 1 aromatic carbocycles. The van der Waals surface area contributed by atoms with Crippen LogP contribution < -0.4 is 65.7 Å². The van der Waals surface area contributed by atoms with Gasteiger partial charge in [-0.15, -0.1) is 0 Å². The lowest BCUT2D eigenvalue weighted by Gasteiger charge is -2.49. The van der Waals surface area contributed by atoms with Crippen LogP contribution >= 0.6 is 7.82 Å². The number of aliphatic hydroxyl groups is 2. The Morgan fingerprint density at radius 3 is 1.97 bits per heavy atom. The molecule has 6 aliphatic heterocycles. The number of nitrogens with two attached hydrogens (primary N) is 6. The number of phosphoric acid groups is 1. The second kappa shape index (κ2) is 25.9. The number of phosphoric ester groups is 1. The molecular weight excluding hydrogens is 1170 g/mol. The summed E-state index contributed by atoms with van der Waals surface area (Å²) >= 11 is 0. The van der Waals surface area contributed by atoms with Crippen LogP contribution in [-0.2, 0) is 51.9 Å². The highest BCUT2D eigenvalue weighted by atomic mass is 31.2. The van der Waals surface area contributed by atoms with Crippen LogP contribution in [0.15, 0.2) is 58.8 Å². The van der Waals surface area contributed by atoms with Crippen molar-refractivity contribution in [3.05, 3.63) is 58.8 Å². The lowest BCUT2D eigenvalue weighted by molar-refractivity contribution is -0.124. The predicted octanol–water partition coefficient (Wildman–Crippen LogP) is 0.718. The maximum Gasteiger partial charge on any atom is 0.472 e. The van der Waals surface area contributed by atoms with Crippen LogP contribution in [0.4, 0.5) is 0 Å². The number of nitrogens with one attached hydrogen (secondary N) is 5. The number of nitrogens with zero attached hydrogens (tertiary/aromatic N) is 2. The van der Waals surface area contributed by atoms with Crippen molar-refractivity contribution in [3.63, 3.8) is 0 Å². The number of hydrogen-bond acceptors (Lipinski definition) is 19. The number of ether oxygens (including phenoxy) is 2. The fraction of sp³-hybridized carbons (Fsp3) is 0.667. The molecule has 8 rings (SSSR count). The maximum absolute atomic E-state index is 14.2. The van der Waals surface area contributed by atoms with Gasteiger partial charge in [0.15, 0.2) is 6.23 Å². The minimum absolute atomic E-state index is 0.0195. The van der Waals surface area contributed by atoms with E-state index < -0.39 is 156 Å². The zero-order valence-electron chi connectivity index (χ0n) is 52.3. The first-order valence-corrected chi connectivity index (χ1v) is 31.9. The third-order valence-corrected chi connectivity index (χ3v) is 22.1. The van der Waals surface area contributed by atoms with Gasteiger partial charge in [-0.1, -0.05) is 34.6 Å². The molecule has 0 saturated carbocycles. The molecule has 0 spiro atoms. The van der Waals surface area contributed by atoms with Gasteiger partial charge >= 0.3 is 7.82 Å². The van der Waals surface area contributed by atoms with E-state index in [1.807, 2.05) is 41.5 Å². The van der Waals surface area contributed by atoms with Gasteiger partial charge in [-0.2, -0.15) is 0 Å². The van der Waals surface area contributed by atoms with Crippen molar-refractivity contribution < 1.29 is 71.8 Å². The molecule has 5 fully saturated rings. The van der Waals surface area contributed by atoms with E-state index >= 15 is 0 Å². The summed E-state index contributed by atoms with van der Waals surface area (Å²) in [6.07, 6.45) is -2.14. The standard InChI is InChI=1S/C60H92N13O15P/c1-29-48-33(12-16-42(62)76)56(3,4)40(70-48)24-36-32(11-15-41(61)75)58(6,25-45(65)79)53(69-36)30(2)49-34(13-17-43(63)77)59(7,26-46(66)80)60(8,72-49)54-35(23-44(64)78)57(5,52(29)71-54)19-18-47(81)67-20-21-86-89(83,84)88-51-39(27-74)87-55(50(51)82)73-28-68-37-22-31(85-9)10-14-38(37)73/h10,14,22,24,28,32-36,39,48-51,54-55,69-72,74,82H,11-13,15-21,23,25-27H2,1-9H3,(H2,61,75)(H2,62,76)(H2,63,77)(H2,64,78)(H2,65,79)(H2,66,80)(H,67,81)(H,83,84)/b40-24-,52-29-,53-30-/t32-,33-,34-,35+,36?,39-,48?,49?,50-,51-,54-,55+,57-,58+,59+,60+/m1/s1. The summed E-state index contributed by atoms with van der Waals surface area (Å²) in [5.74, 6) is -5.67. The molecule has 1 aromatic heterocycles. The molecule has 29 heteroatoms. The lowest BCUT2D eigenvalue weighted by atomic mass is 9.56. The SMILES string of the molecule is COc1ccc2c(c1)ncn2[C@H]1O[C@H](CO)[C@@H](OP(=O)(O)OCCNC(=O)CC[C@@]2(C)/C3=C(\C)C4N/C(=C\C5N/C(=C(/C)C6N[C@@](C)([C@H](N3)[C@@H]2CC(N)=O)[C@@](C)(CC(N)=O)[C@@H]6CCC(N)=O)[C@@](C)(CC(N)=O)[C@@H]5CCC(N)=O)C(C)(C)[C@@H]4CCC(N)=O)[C@H]1O. The summed E-state index contributed by atoms with van der Waals surface area (Å²) in [4.78, 5) is 109. The smallest absolute Gasteiger partial charge is 0.472 e. The number of aromatic nitrogens is 2. The summed E-state index contributed by atoms with van der Waals surface area (Å²) in [5, 5.41) is 39.9. The average molecular weight is 1270 g/mol. The molecule has 20 N–H and O–H groups in total. The van der Waals surface area contributed by atoms with Gasteiger partial charge in [-0.3, -0.25) is 42.6 Å². The van der Waals surface area contributed by atoms with Gasteiger partial charge in [0, 0.05) is 126 Å². The molecule has 89 heavy (non-hydrogen) atoms. The molecule has 7 heterocycles. The Kier molecular flexibility index (Phi) is 19.9. The van der Waals surface area contributed by atoms with Crippen molar-refractivity contribution in [2.75, 3.05) is 26.9 Å². The van der Waals surface area contributed by atoms with Crippen LogP contribution in [0.3, 0.4) is 0 Å². The van der Waals surface area contributed by atoms with E-state index in [1.165, 1.54) is 18.0 Å². The number of fused-ring (bicyclic) bond motifs is 10. The minimum Gasteiger partial charge on any atom is -0.497 e. The van der Waals surface area contributed by atoms with Crippen molar-refractivity contribution in [1.29, 1.82) is 0 Å². The van der Waals surface area contributed by atoms with E-state index in [2.05, 4.69) is 51.5 Å². The number of hydrogen-bond donors (Lipinski definition) is 14. The van der Waals surface area contributed by atoms with Crippen molar-refractivity contribution in [1.82, 2.24) is 36.1 Å². The van der Waals surface area contributed by atoms with Crippen molar-refractivity contribution in [2.45, 2.75) is 180 Å². The highest BCUT2D eigenvalue weighted by Gasteiger charge is 2.68. The molecule has 6 aliphatic rings. The monoisotopic (exact) mass is 1270 g/mol. The van der Waals surface area contributed by atoms with Crippen LogP contribution in [0.1, 0.15) is 132 Å². The third-order valence-electron chi connectivity index (χ3n) is 21.1. The van der Waals surface area contributed by atoms with Gasteiger partial charge in [0.25, 0.3) is 0 Å². The lowest BCUT2D eigenvalue weighted by Crippen LogP contribution is -2.64. The molecule has 17 atom stereocenters. The molecule has 0 radical (unpaired) electrons. The number of rotatable bonds is 27. The summed E-state index contributed by atoms with van der Waals surface area (Å²) in [6, 6.07) is 2.47. The number of carbonyl (C=O) groups excluding carboxylic acids is 7. The number of imidazole rings is 1. The first kappa shape index (κ1) is 68.3. The molecule has 492 valence electrons. The predicted molar refractivity (Wildman–Crippen MR) is 325 cm³/mol. The number of aliphatic hydroxyl groups excluding tert-OH is 2. The van der Waals surface area contributed by atoms with E-state index in [1.54, 1.807) is 18.2 Å². The summed E-state index contributed by atoms with van der Waals surface area (Å²) in [5.41, 5.74) is 35.6. The maximum atomic E-state index is 14.2. The van der Waals surface area contributed by atoms with Gasteiger partial charge < -0.3 is 90.1 Å². The molecule has 28 nitrogen and oxygen atoms in total. The fourth-order valence-corrected chi connectivity index (χ4v) is 17.3. The van der Waals surface area contributed by atoms with Crippen LogP contribution in [0.2, 0.25) is 0 Å². The average Bonchev–Trinajstić information content (AvgIpc) is 1.54. The van der Waals surface area contributed by atoms with E-state index in [-0.39, 0.29) is 76.7 Å². The fourth-order valence-electron chi connectivity index (χ4n) is 16.3. The topological polar surface area (TPSA) is 468 Å². The molecule has 7 amide bonds. The number of primary amides is 6. The van der Waals surface area contributed by atoms with Crippen molar-refractivity contribution in [3.8, 4) is 5.75 Å². The molecule has 4 unspecified atom stereocenters. The van der Waals surface area contributed by atoms with Crippen LogP contribution in [0.5, 0.6) is 5.75 Å². The Bertz CT molecular complexity index is 3260. The quantitative estimate of drug-likeness (QED) is 0.0433. The summed E-state index contributed by atoms with van der Waals surface area (Å²) < 4.78 is 36.9. The van der Waals surface area contributed by atoms with Crippen LogP contribution in [-0.4, -0.2) is 141 Å². The number of allylic oxidation sites excluding steroid dienone is 3. The summed E-state index contributed by atoms with van der Waals surface area (Å²) in [6.45, 7) is 14.2. The van der Waals surface area contributed by atoms with E-state index in [0.717, 1.165) is 16.8 Å². The van der Waals surface area contributed by atoms with Gasteiger partial charge in [-0.25, -0.2) is 9.55 Å². The number of amides is 7. The van der Waals surface area contributed by atoms with Crippen LogP contribution in [0.25, 0.3) is 11.0 Å². The Labute approximate surface area is 517 Å². The normalized spacial score (nSPS) is 36.6. The molecule has 0 aliphatic carbocycles. The summed E-state index contributed by atoms with van der Waals surface area (Å²) in [7, 11) is -3.51. The minimum atomic E-state index is -5.01. The molecule has 5 saturated heterocycles. The van der Waals surface area contributed by atoms with E-state index in [4.69, 9.17) is 52.9 Å². The van der Waals surface area contributed by atoms with E-state index in [9.17, 15) is 53.2 Å². The van der Waals surface area contributed by atoms with Gasteiger partial charge in [0.2, 0.25) is 41.4 Å². The van der Waals surface area contributed by atoms with Gasteiger partial charge in [0.1, 0.15) is 24.1 Å². The first-order chi connectivity index (χ1) is 41.6. The molecule has 2 aromatic rings. The Hall–Kier alpha value is -6.65. The highest BCUT2D eigenvalue weighted by molar-refractivity contribution is 7.47. The Balaban J connectivity index is 1.16. The third kappa shape index (κ3) is 13.2. The Morgan fingerprint density at radius 2 is 1.37 bits per heavy atom. The van der Waals surface area contributed by atoms with Gasteiger partial charge in [-0.05, 0) is 93.6 Å². The Morgan fingerprint density at radius 1 is 0.764 bits per heavy atom. The largest absolute Gasteiger partial charge is 0.497 e. The van der Waals surface area contributed by atoms with Crippen molar-refractivity contribution >= 4 is 60.2 Å². The van der Waals surface area contributed by atoms with Gasteiger partial charge in [0.05, 0.1) is 43.7 Å². The number of methoxy groups -OCH3 is 1. The second-order valence-electron chi connectivity index (χ2n) is 26.8. The zero-order chi connectivity index (χ0) is 65.7. The van der Waals surface area contributed by atoms with Crippen LogP contribution in [0, 0.1) is 45.3 Å². The van der Waals surface area contributed by atoms with Crippen molar-refractivity contribution in [2.24, 2.45) is 79.7 Å². The first-order valence-electron chi connectivity index (χ1n) is 30.4. The van der Waals surface area contributed by atoms with E-state index in [0.29, 0.717) is 34.6 Å².